The van der Waals surface area contributed by atoms with Gasteiger partial charge in [0.25, 0.3) is 11.8 Å². The van der Waals surface area contributed by atoms with Gasteiger partial charge in [-0.3, -0.25) is 25.0 Å². The fraction of sp³-hybridized carbons (Fsp3) is 0.389. The number of likely N-dealkylation sites (tertiary alicyclic amines) is 1. The quantitative estimate of drug-likeness (QED) is 0.689. The number of hydrogen-bond acceptors (Lipinski definition) is 5. The molecule has 140 valence electrons. The van der Waals surface area contributed by atoms with E-state index in [4.69, 9.17) is 0 Å². The van der Waals surface area contributed by atoms with Crippen molar-refractivity contribution in [3.63, 3.8) is 0 Å². The Bertz CT molecular complexity index is 888. The summed E-state index contributed by atoms with van der Waals surface area (Å²) in [5.74, 6) is -0.639. The highest BCUT2D eigenvalue weighted by atomic mass is 16.2. The maximum absolute atomic E-state index is 12.7. The standard InChI is InChI=1S/C18H20N6O3/c1-11-9-14(23-22-11)15(25)24-7-4-12(5-8-24)18(13-3-2-6-19-10-13)16(26)20-17(27)21-18/h2-3,6,9-10,12H,4-5,7-8H2,1H3,(H,22,23)(H2,20,21,26,27)/t18-/m1/s1. The van der Waals surface area contributed by atoms with Crippen molar-refractivity contribution in [3.8, 4) is 0 Å². The number of imide groups is 1. The van der Waals surface area contributed by atoms with E-state index in [2.05, 4.69) is 25.8 Å². The molecular weight excluding hydrogens is 348 g/mol. The van der Waals surface area contributed by atoms with Crippen molar-refractivity contribution in [1.82, 2.24) is 30.7 Å². The van der Waals surface area contributed by atoms with Gasteiger partial charge in [0, 0.05) is 36.7 Å². The zero-order valence-corrected chi connectivity index (χ0v) is 14.9. The molecule has 9 heteroatoms. The van der Waals surface area contributed by atoms with Gasteiger partial charge >= 0.3 is 6.03 Å². The largest absolute Gasteiger partial charge is 0.337 e. The lowest BCUT2D eigenvalue weighted by Gasteiger charge is -2.40. The lowest BCUT2D eigenvalue weighted by atomic mass is 9.73. The van der Waals surface area contributed by atoms with Crippen LogP contribution in [0.15, 0.2) is 30.6 Å². The smallest absolute Gasteiger partial charge is 0.322 e. The number of aromatic nitrogens is 3. The van der Waals surface area contributed by atoms with Crippen LogP contribution < -0.4 is 10.6 Å². The van der Waals surface area contributed by atoms with Gasteiger partial charge in [-0.05, 0) is 37.8 Å². The van der Waals surface area contributed by atoms with E-state index in [-0.39, 0.29) is 17.7 Å². The van der Waals surface area contributed by atoms with Crippen molar-refractivity contribution >= 4 is 17.8 Å². The van der Waals surface area contributed by atoms with Crippen LogP contribution >= 0.6 is 0 Å². The highest BCUT2D eigenvalue weighted by molar-refractivity contribution is 6.07. The summed E-state index contributed by atoms with van der Waals surface area (Å²) in [7, 11) is 0. The molecule has 0 unspecified atom stereocenters. The normalized spacial score (nSPS) is 23.2. The molecular formula is C18H20N6O3. The van der Waals surface area contributed by atoms with E-state index in [1.165, 1.54) is 0 Å². The number of piperidine rings is 1. The van der Waals surface area contributed by atoms with E-state index in [1.54, 1.807) is 35.5 Å². The van der Waals surface area contributed by atoms with Gasteiger partial charge in [0.05, 0.1) is 0 Å². The number of carbonyl (C=O) groups excluding carboxylic acids is 3. The van der Waals surface area contributed by atoms with Crippen LogP contribution in [0.3, 0.4) is 0 Å². The average Bonchev–Trinajstić information content (AvgIpc) is 3.25. The average molecular weight is 368 g/mol. The number of nitrogens with zero attached hydrogens (tertiary/aromatic N) is 3. The maximum atomic E-state index is 12.7. The summed E-state index contributed by atoms with van der Waals surface area (Å²) < 4.78 is 0. The number of nitrogens with one attached hydrogen (secondary N) is 3. The van der Waals surface area contributed by atoms with Crippen molar-refractivity contribution in [1.29, 1.82) is 0 Å². The molecule has 0 aliphatic carbocycles. The third kappa shape index (κ3) is 2.84. The third-order valence-electron chi connectivity index (χ3n) is 5.33. The first-order valence-corrected chi connectivity index (χ1v) is 8.86. The first-order chi connectivity index (χ1) is 13.0. The molecule has 0 saturated carbocycles. The van der Waals surface area contributed by atoms with Crippen molar-refractivity contribution in [2.24, 2.45) is 5.92 Å². The van der Waals surface area contributed by atoms with Crippen molar-refractivity contribution in [2.45, 2.75) is 25.3 Å². The predicted molar refractivity (Wildman–Crippen MR) is 94.5 cm³/mol. The Kier molecular flexibility index (Phi) is 4.14. The van der Waals surface area contributed by atoms with Gasteiger partial charge in [-0.2, -0.15) is 5.10 Å². The van der Waals surface area contributed by atoms with Gasteiger partial charge in [-0.15, -0.1) is 0 Å². The zero-order valence-electron chi connectivity index (χ0n) is 14.9. The molecule has 3 N–H and O–H groups in total. The Hall–Kier alpha value is -3.23. The minimum Gasteiger partial charge on any atom is -0.337 e. The summed E-state index contributed by atoms with van der Waals surface area (Å²) in [6.45, 7) is 2.82. The Morgan fingerprint density at radius 1 is 1.30 bits per heavy atom. The van der Waals surface area contributed by atoms with E-state index in [1.807, 2.05) is 6.92 Å². The molecule has 9 nitrogen and oxygen atoms in total. The number of rotatable bonds is 3. The molecule has 1 atom stereocenters. The number of carbonyl (C=O) groups is 3. The van der Waals surface area contributed by atoms with Crippen LogP contribution in [0.1, 0.15) is 34.6 Å². The summed E-state index contributed by atoms with van der Waals surface area (Å²) >= 11 is 0. The topological polar surface area (TPSA) is 120 Å². The summed E-state index contributed by atoms with van der Waals surface area (Å²) in [5, 5.41) is 12.0. The number of aryl methyl sites for hydroxylation is 1. The van der Waals surface area contributed by atoms with Crippen LogP contribution in [-0.2, 0) is 10.3 Å². The highest BCUT2D eigenvalue weighted by Crippen LogP contribution is 2.38. The summed E-state index contributed by atoms with van der Waals surface area (Å²) in [6, 6.07) is 4.75. The number of H-pyrrole nitrogens is 1. The van der Waals surface area contributed by atoms with Gasteiger partial charge in [0.15, 0.2) is 5.54 Å². The molecule has 0 aromatic carbocycles. The summed E-state index contributed by atoms with van der Waals surface area (Å²) in [6.07, 6.45) is 4.39. The third-order valence-corrected chi connectivity index (χ3v) is 5.33. The van der Waals surface area contributed by atoms with Crippen LogP contribution in [0.2, 0.25) is 0 Å². The molecule has 2 aromatic heterocycles. The second-order valence-electron chi connectivity index (χ2n) is 6.96. The predicted octanol–water partition coefficient (Wildman–Crippen LogP) is 0.700. The number of hydrogen-bond donors (Lipinski definition) is 3. The molecule has 2 saturated heterocycles. The van der Waals surface area contributed by atoms with Crippen molar-refractivity contribution < 1.29 is 14.4 Å². The Morgan fingerprint density at radius 3 is 2.63 bits per heavy atom. The van der Waals surface area contributed by atoms with Crippen LogP contribution in [-0.4, -0.2) is 51.0 Å². The SMILES string of the molecule is Cc1cc(C(=O)N2CCC([C@]3(c4cccnc4)NC(=O)NC3=O)CC2)n[nH]1. The Labute approximate surface area is 155 Å². The first-order valence-electron chi connectivity index (χ1n) is 8.86. The number of pyridine rings is 1. The van der Waals surface area contributed by atoms with E-state index >= 15 is 0 Å². The lowest BCUT2D eigenvalue weighted by molar-refractivity contribution is -0.127. The molecule has 4 rings (SSSR count). The van der Waals surface area contributed by atoms with E-state index < -0.39 is 11.6 Å². The molecule has 0 radical (unpaired) electrons. The first kappa shape index (κ1) is 17.2. The van der Waals surface area contributed by atoms with Gasteiger partial charge in [0.1, 0.15) is 5.69 Å². The van der Waals surface area contributed by atoms with Crippen molar-refractivity contribution in [3.05, 3.63) is 47.5 Å². The maximum Gasteiger partial charge on any atom is 0.322 e. The molecule has 2 aliphatic rings. The van der Waals surface area contributed by atoms with Crippen LogP contribution in [0.25, 0.3) is 0 Å². The zero-order chi connectivity index (χ0) is 19.0. The Morgan fingerprint density at radius 2 is 2.07 bits per heavy atom. The number of aromatic amines is 1. The number of urea groups is 1. The molecule has 4 heterocycles. The van der Waals surface area contributed by atoms with E-state index in [0.29, 0.717) is 37.2 Å². The molecule has 0 spiro atoms. The minimum absolute atomic E-state index is 0.131. The minimum atomic E-state index is -1.15. The second kappa shape index (κ2) is 6.49. The molecule has 27 heavy (non-hydrogen) atoms. The van der Waals surface area contributed by atoms with E-state index in [0.717, 1.165) is 5.69 Å². The van der Waals surface area contributed by atoms with E-state index in [9.17, 15) is 14.4 Å². The fourth-order valence-electron chi connectivity index (χ4n) is 4.00. The van der Waals surface area contributed by atoms with Gasteiger partial charge in [0.2, 0.25) is 0 Å². The summed E-state index contributed by atoms with van der Waals surface area (Å²) in [4.78, 5) is 43.1. The lowest BCUT2D eigenvalue weighted by Crippen LogP contribution is -2.54. The molecule has 0 bridgehead atoms. The van der Waals surface area contributed by atoms with Crippen LogP contribution in [0.5, 0.6) is 0 Å². The number of amides is 4. The molecule has 2 aromatic rings. The van der Waals surface area contributed by atoms with Crippen molar-refractivity contribution in [2.75, 3.05) is 13.1 Å². The molecule has 4 amide bonds. The second-order valence-corrected chi connectivity index (χ2v) is 6.96. The van der Waals surface area contributed by atoms with Gasteiger partial charge in [-0.1, -0.05) is 6.07 Å². The highest BCUT2D eigenvalue weighted by Gasteiger charge is 2.54. The monoisotopic (exact) mass is 368 g/mol. The fourth-order valence-corrected chi connectivity index (χ4v) is 4.00. The summed E-state index contributed by atoms with van der Waals surface area (Å²) in [5.41, 5.74) is 0.721. The van der Waals surface area contributed by atoms with Gasteiger partial charge in [-0.25, -0.2) is 4.79 Å². The van der Waals surface area contributed by atoms with Gasteiger partial charge < -0.3 is 10.2 Å². The molecule has 2 fully saturated rings. The van der Waals surface area contributed by atoms with Crippen LogP contribution in [0, 0.1) is 12.8 Å². The van der Waals surface area contributed by atoms with Crippen LogP contribution in [0.4, 0.5) is 4.79 Å². The molecule has 2 aliphatic heterocycles. The Balaban J connectivity index is 1.55.